The molecule has 2 aromatic carbocycles. The first-order valence-corrected chi connectivity index (χ1v) is 7.66. The predicted octanol–water partition coefficient (Wildman–Crippen LogP) is 3.61. The summed E-state index contributed by atoms with van der Waals surface area (Å²) in [6.07, 6.45) is 1.72. The van der Waals surface area contributed by atoms with E-state index in [1.165, 1.54) is 0 Å². The molecule has 2 aromatic rings. The summed E-state index contributed by atoms with van der Waals surface area (Å²) in [6.45, 7) is 6.15. The largest absolute Gasteiger partial charge is 0.300 e. The number of amides is 1. The third-order valence-corrected chi connectivity index (χ3v) is 4.56. The SMILES string of the molecule is CC(C)(C)C1(c2cccc3ccccc23)C=NC(=S)NC1=O. The van der Waals surface area contributed by atoms with Gasteiger partial charge in [0.05, 0.1) is 0 Å². The normalized spacial score (nSPS) is 22.0. The Morgan fingerprint density at radius 1 is 1.09 bits per heavy atom. The fourth-order valence-corrected chi connectivity index (χ4v) is 3.29. The van der Waals surface area contributed by atoms with Gasteiger partial charge < -0.3 is 5.32 Å². The smallest absolute Gasteiger partial charge is 0.242 e. The Morgan fingerprint density at radius 3 is 2.45 bits per heavy atom. The zero-order valence-corrected chi connectivity index (χ0v) is 13.7. The summed E-state index contributed by atoms with van der Waals surface area (Å²) in [7, 11) is 0. The summed E-state index contributed by atoms with van der Waals surface area (Å²) in [4.78, 5) is 17.2. The number of hydrogen-bond donors (Lipinski definition) is 1. The van der Waals surface area contributed by atoms with Gasteiger partial charge in [-0.1, -0.05) is 63.2 Å². The van der Waals surface area contributed by atoms with E-state index in [0.29, 0.717) is 0 Å². The van der Waals surface area contributed by atoms with Gasteiger partial charge in [-0.3, -0.25) is 4.79 Å². The highest BCUT2D eigenvalue weighted by Gasteiger charge is 2.51. The fourth-order valence-electron chi connectivity index (χ4n) is 3.14. The van der Waals surface area contributed by atoms with E-state index in [-0.39, 0.29) is 16.4 Å². The minimum absolute atomic E-state index is 0.114. The molecule has 3 rings (SSSR count). The van der Waals surface area contributed by atoms with Gasteiger partial charge in [0.15, 0.2) is 5.11 Å². The van der Waals surface area contributed by atoms with Gasteiger partial charge in [0, 0.05) is 6.21 Å². The second-order valence-electron chi connectivity index (χ2n) is 6.60. The summed E-state index contributed by atoms with van der Waals surface area (Å²) in [5.74, 6) is -0.114. The van der Waals surface area contributed by atoms with Gasteiger partial charge in [-0.25, -0.2) is 4.99 Å². The summed E-state index contributed by atoms with van der Waals surface area (Å²) < 4.78 is 0. The molecule has 1 aliphatic rings. The highest BCUT2D eigenvalue weighted by molar-refractivity contribution is 7.80. The van der Waals surface area contributed by atoms with Gasteiger partial charge >= 0.3 is 0 Å². The number of aliphatic imine (C=N–C) groups is 1. The lowest BCUT2D eigenvalue weighted by molar-refractivity contribution is -0.125. The van der Waals surface area contributed by atoms with Crippen molar-refractivity contribution in [3.63, 3.8) is 0 Å². The van der Waals surface area contributed by atoms with Crippen LogP contribution in [-0.4, -0.2) is 17.2 Å². The summed E-state index contributed by atoms with van der Waals surface area (Å²) in [5.41, 5.74) is -0.237. The van der Waals surface area contributed by atoms with E-state index in [2.05, 4.69) is 43.2 Å². The second kappa shape index (κ2) is 4.99. The molecule has 0 fully saturated rings. The van der Waals surface area contributed by atoms with Crippen LogP contribution < -0.4 is 5.32 Å². The molecule has 0 bridgehead atoms. The standard InChI is InChI=1S/C18H18N2OS/c1-17(2,3)18(11-19-16(22)20-15(18)21)14-10-6-8-12-7-4-5-9-13(12)14/h4-11H,1-3H3,(H,20,21,22). The molecule has 1 atom stereocenters. The predicted molar refractivity (Wildman–Crippen MR) is 94.3 cm³/mol. The fraction of sp³-hybridized carbons (Fsp3) is 0.278. The van der Waals surface area contributed by atoms with Crippen molar-refractivity contribution in [1.29, 1.82) is 0 Å². The molecule has 1 heterocycles. The van der Waals surface area contributed by atoms with Gasteiger partial charge in [0.2, 0.25) is 5.91 Å². The molecule has 1 unspecified atom stereocenters. The third-order valence-electron chi connectivity index (χ3n) is 4.35. The Balaban J connectivity index is 2.39. The Labute approximate surface area is 135 Å². The molecule has 0 aliphatic carbocycles. The molecular formula is C18H18N2OS. The Bertz CT molecular complexity index is 799. The van der Waals surface area contributed by atoms with Crippen LogP contribution in [0.25, 0.3) is 10.8 Å². The van der Waals surface area contributed by atoms with E-state index >= 15 is 0 Å². The highest BCUT2D eigenvalue weighted by Crippen LogP contribution is 2.44. The number of thiocarbonyl (C=S) groups is 1. The van der Waals surface area contributed by atoms with Crippen molar-refractivity contribution in [2.24, 2.45) is 10.4 Å². The number of carbonyl (C=O) groups is 1. The lowest BCUT2D eigenvalue weighted by Gasteiger charge is -2.42. The minimum Gasteiger partial charge on any atom is -0.300 e. The molecular weight excluding hydrogens is 292 g/mol. The Morgan fingerprint density at radius 2 is 1.77 bits per heavy atom. The van der Waals surface area contributed by atoms with Crippen LogP contribution in [-0.2, 0) is 10.2 Å². The van der Waals surface area contributed by atoms with Crippen LogP contribution in [0.4, 0.5) is 0 Å². The third kappa shape index (κ3) is 2.06. The molecule has 0 spiro atoms. The number of rotatable bonds is 1. The van der Waals surface area contributed by atoms with E-state index in [0.717, 1.165) is 16.3 Å². The Hall–Kier alpha value is -2.07. The van der Waals surface area contributed by atoms with Crippen molar-refractivity contribution >= 4 is 40.2 Å². The maximum absolute atomic E-state index is 12.9. The van der Waals surface area contributed by atoms with Gasteiger partial charge in [0.1, 0.15) is 5.41 Å². The van der Waals surface area contributed by atoms with E-state index in [1.807, 2.05) is 30.3 Å². The van der Waals surface area contributed by atoms with Crippen LogP contribution in [0, 0.1) is 5.41 Å². The zero-order chi connectivity index (χ0) is 16.0. The quantitative estimate of drug-likeness (QED) is 0.818. The molecule has 1 aliphatic heterocycles. The van der Waals surface area contributed by atoms with Crippen LogP contribution in [0.2, 0.25) is 0 Å². The average molecular weight is 310 g/mol. The molecule has 0 aromatic heterocycles. The van der Waals surface area contributed by atoms with Crippen molar-refractivity contribution in [1.82, 2.24) is 5.32 Å². The number of nitrogens with one attached hydrogen (secondary N) is 1. The second-order valence-corrected chi connectivity index (χ2v) is 6.99. The molecule has 0 radical (unpaired) electrons. The van der Waals surface area contributed by atoms with E-state index in [1.54, 1.807) is 6.21 Å². The lowest BCUT2D eigenvalue weighted by atomic mass is 9.61. The van der Waals surface area contributed by atoms with Gasteiger partial charge in [-0.05, 0) is 34.0 Å². The van der Waals surface area contributed by atoms with Crippen LogP contribution in [0.1, 0.15) is 26.3 Å². The maximum Gasteiger partial charge on any atom is 0.242 e. The first-order valence-electron chi connectivity index (χ1n) is 7.25. The number of benzene rings is 2. The lowest BCUT2D eigenvalue weighted by Crippen LogP contribution is -2.57. The molecule has 1 amide bonds. The van der Waals surface area contributed by atoms with Gasteiger partial charge in [-0.15, -0.1) is 0 Å². The maximum atomic E-state index is 12.9. The van der Waals surface area contributed by atoms with Crippen LogP contribution >= 0.6 is 12.2 Å². The van der Waals surface area contributed by atoms with Crippen LogP contribution in [0.5, 0.6) is 0 Å². The van der Waals surface area contributed by atoms with Crippen LogP contribution in [0.3, 0.4) is 0 Å². The average Bonchev–Trinajstić information content (AvgIpc) is 2.46. The first kappa shape index (κ1) is 14.9. The van der Waals surface area contributed by atoms with E-state index in [4.69, 9.17) is 12.2 Å². The summed E-state index contributed by atoms with van der Waals surface area (Å²) in [6, 6.07) is 14.1. The Kier molecular flexibility index (Phi) is 3.37. The molecule has 4 heteroatoms. The molecule has 0 saturated carbocycles. The highest BCUT2D eigenvalue weighted by atomic mass is 32.1. The van der Waals surface area contributed by atoms with E-state index in [9.17, 15) is 4.79 Å². The number of carbonyl (C=O) groups excluding carboxylic acids is 1. The van der Waals surface area contributed by atoms with E-state index < -0.39 is 5.41 Å². The first-order chi connectivity index (χ1) is 10.4. The van der Waals surface area contributed by atoms with Crippen LogP contribution in [0.15, 0.2) is 47.5 Å². The topological polar surface area (TPSA) is 41.5 Å². The van der Waals surface area contributed by atoms with Crippen molar-refractivity contribution in [3.8, 4) is 0 Å². The number of nitrogens with zero attached hydrogens (tertiary/aromatic N) is 1. The van der Waals surface area contributed by atoms with Gasteiger partial charge in [-0.2, -0.15) is 0 Å². The van der Waals surface area contributed by atoms with Crippen molar-refractivity contribution < 1.29 is 4.79 Å². The number of fused-ring (bicyclic) bond motifs is 1. The van der Waals surface area contributed by atoms with Gasteiger partial charge in [0.25, 0.3) is 0 Å². The van der Waals surface area contributed by atoms with Crippen molar-refractivity contribution in [3.05, 3.63) is 48.0 Å². The summed E-state index contributed by atoms with van der Waals surface area (Å²) in [5, 5.41) is 5.13. The molecule has 3 nitrogen and oxygen atoms in total. The molecule has 0 saturated heterocycles. The van der Waals surface area contributed by atoms with Crippen molar-refractivity contribution in [2.45, 2.75) is 26.2 Å². The summed E-state index contributed by atoms with van der Waals surface area (Å²) >= 11 is 5.02. The molecule has 112 valence electrons. The number of hydrogen-bond acceptors (Lipinski definition) is 2. The zero-order valence-electron chi connectivity index (χ0n) is 12.9. The molecule has 1 N–H and O–H groups in total. The molecule has 22 heavy (non-hydrogen) atoms. The van der Waals surface area contributed by atoms with Crippen molar-refractivity contribution in [2.75, 3.05) is 0 Å². The monoisotopic (exact) mass is 310 g/mol. The minimum atomic E-state index is -0.851.